The monoisotopic (exact) mass is 282 g/mol. The summed E-state index contributed by atoms with van der Waals surface area (Å²) >= 11 is 0. The highest BCUT2D eigenvalue weighted by molar-refractivity contribution is 5.21. The molecule has 0 saturated heterocycles. The highest BCUT2D eigenvalue weighted by atomic mass is 19.1. The zero-order valence-corrected chi connectivity index (χ0v) is 13.0. The Balaban J connectivity index is 2.68. The minimum atomic E-state index is -0.292. The molecule has 1 rings (SSSR count). The predicted octanol–water partition coefficient (Wildman–Crippen LogP) is 2.82. The minimum Gasteiger partial charge on any atom is -0.383 e. The lowest BCUT2D eigenvalue weighted by Crippen LogP contribution is -2.39. The summed E-state index contributed by atoms with van der Waals surface area (Å²) in [5, 5.41) is 0. The number of nitrogens with zero attached hydrogens (tertiary/aromatic N) is 1. The van der Waals surface area contributed by atoms with Crippen LogP contribution in [0.4, 0.5) is 4.39 Å². The molecule has 4 heteroatoms. The van der Waals surface area contributed by atoms with E-state index in [-0.39, 0.29) is 17.8 Å². The second-order valence-corrected chi connectivity index (χ2v) is 5.61. The van der Waals surface area contributed by atoms with E-state index >= 15 is 0 Å². The highest BCUT2D eigenvalue weighted by Gasteiger charge is 2.21. The lowest BCUT2D eigenvalue weighted by atomic mass is 9.94. The van der Waals surface area contributed by atoms with E-state index in [2.05, 4.69) is 25.7 Å². The van der Waals surface area contributed by atoms with E-state index in [9.17, 15) is 4.39 Å². The Hall–Kier alpha value is -0.970. The van der Waals surface area contributed by atoms with Crippen LogP contribution in [0.15, 0.2) is 24.3 Å². The number of hydrogen-bond acceptors (Lipinski definition) is 3. The van der Waals surface area contributed by atoms with Crippen molar-refractivity contribution in [3.8, 4) is 0 Å². The first kappa shape index (κ1) is 17.1. The lowest BCUT2D eigenvalue weighted by Gasteiger charge is -2.31. The van der Waals surface area contributed by atoms with Crippen LogP contribution < -0.4 is 5.73 Å². The molecule has 2 atom stereocenters. The molecule has 0 radical (unpaired) electrons. The van der Waals surface area contributed by atoms with Crippen molar-refractivity contribution >= 4 is 0 Å². The van der Waals surface area contributed by atoms with Gasteiger partial charge in [0.1, 0.15) is 5.82 Å². The average molecular weight is 282 g/mol. The van der Waals surface area contributed by atoms with Crippen molar-refractivity contribution in [3.63, 3.8) is 0 Å². The molecule has 0 spiro atoms. The van der Waals surface area contributed by atoms with Crippen molar-refractivity contribution < 1.29 is 9.13 Å². The number of nitrogens with two attached hydrogens (primary N) is 1. The summed E-state index contributed by atoms with van der Waals surface area (Å²) in [4.78, 5) is 2.31. The van der Waals surface area contributed by atoms with E-state index in [4.69, 9.17) is 10.5 Å². The molecule has 0 heterocycles. The van der Waals surface area contributed by atoms with Crippen molar-refractivity contribution in [3.05, 3.63) is 35.6 Å². The summed E-state index contributed by atoms with van der Waals surface area (Å²) in [7, 11) is 1.70. The zero-order chi connectivity index (χ0) is 15.1. The third kappa shape index (κ3) is 4.85. The van der Waals surface area contributed by atoms with Crippen LogP contribution in [-0.2, 0) is 4.74 Å². The molecule has 0 bridgehead atoms. The molecule has 1 aromatic rings. The topological polar surface area (TPSA) is 38.5 Å². The average Bonchev–Trinajstić information content (AvgIpc) is 2.42. The Labute approximate surface area is 121 Å². The van der Waals surface area contributed by atoms with Crippen molar-refractivity contribution in [2.75, 3.05) is 26.8 Å². The molecule has 20 heavy (non-hydrogen) atoms. The van der Waals surface area contributed by atoms with Crippen LogP contribution in [0.2, 0.25) is 0 Å². The fraction of sp³-hybridized carbons (Fsp3) is 0.625. The summed E-state index contributed by atoms with van der Waals surface area (Å²) in [5.41, 5.74) is 6.81. The smallest absolute Gasteiger partial charge is 0.127 e. The third-order valence-corrected chi connectivity index (χ3v) is 3.71. The molecule has 0 fully saturated rings. The van der Waals surface area contributed by atoms with Crippen LogP contribution in [0.5, 0.6) is 0 Å². The van der Waals surface area contributed by atoms with Gasteiger partial charge in [0.05, 0.1) is 6.61 Å². The van der Waals surface area contributed by atoms with Gasteiger partial charge in [-0.25, -0.2) is 4.39 Å². The molecule has 0 aromatic heterocycles. The molecule has 0 aliphatic carbocycles. The van der Waals surface area contributed by atoms with Crippen LogP contribution in [0, 0.1) is 11.7 Å². The molecule has 114 valence electrons. The Morgan fingerprint density at radius 3 is 2.45 bits per heavy atom. The van der Waals surface area contributed by atoms with E-state index < -0.39 is 0 Å². The van der Waals surface area contributed by atoms with Crippen molar-refractivity contribution in [2.45, 2.75) is 32.9 Å². The molecule has 0 amide bonds. The molecule has 0 aliphatic rings. The van der Waals surface area contributed by atoms with Crippen molar-refractivity contribution in [2.24, 2.45) is 11.7 Å². The predicted molar refractivity (Wildman–Crippen MR) is 81.1 cm³/mol. The Morgan fingerprint density at radius 2 is 1.90 bits per heavy atom. The van der Waals surface area contributed by atoms with Gasteiger partial charge in [-0.1, -0.05) is 25.1 Å². The molecule has 2 N–H and O–H groups in total. The van der Waals surface area contributed by atoms with Gasteiger partial charge in [-0.05, 0) is 25.8 Å². The molecular formula is C16H27FN2O. The van der Waals surface area contributed by atoms with Crippen LogP contribution in [0.3, 0.4) is 0 Å². The van der Waals surface area contributed by atoms with Crippen LogP contribution in [-0.4, -0.2) is 37.7 Å². The molecule has 2 unspecified atom stereocenters. The van der Waals surface area contributed by atoms with Gasteiger partial charge in [0.25, 0.3) is 0 Å². The summed E-state index contributed by atoms with van der Waals surface area (Å²) in [6.45, 7) is 8.76. The van der Waals surface area contributed by atoms with Gasteiger partial charge in [-0.2, -0.15) is 0 Å². The summed E-state index contributed by atoms with van der Waals surface area (Å²) in [6.07, 6.45) is 0. The first-order valence-electron chi connectivity index (χ1n) is 7.20. The number of benzene rings is 1. The maximum atomic E-state index is 13.8. The van der Waals surface area contributed by atoms with Gasteiger partial charge < -0.3 is 10.5 Å². The molecular weight excluding hydrogens is 255 g/mol. The van der Waals surface area contributed by atoms with E-state index in [1.807, 2.05) is 6.07 Å². The Morgan fingerprint density at radius 1 is 1.25 bits per heavy atom. The highest BCUT2D eigenvalue weighted by Crippen LogP contribution is 2.23. The summed E-state index contributed by atoms with van der Waals surface area (Å²) in [6, 6.07) is 6.88. The molecule has 3 nitrogen and oxygen atoms in total. The van der Waals surface area contributed by atoms with E-state index in [1.54, 1.807) is 19.2 Å². The quantitative estimate of drug-likeness (QED) is 0.797. The first-order chi connectivity index (χ1) is 9.47. The normalized spacial score (nSPS) is 14.8. The zero-order valence-electron chi connectivity index (χ0n) is 13.0. The van der Waals surface area contributed by atoms with Gasteiger partial charge in [-0.3, -0.25) is 4.90 Å². The van der Waals surface area contributed by atoms with E-state index in [0.717, 1.165) is 13.1 Å². The maximum absolute atomic E-state index is 13.8. The molecule has 0 aliphatic heterocycles. The number of hydrogen-bond donors (Lipinski definition) is 1. The number of halogens is 1. The van der Waals surface area contributed by atoms with Crippen LogP contribution >= 0.6 is 0 Å². The van der Waals surface area contributed by atoms with E-state index in [1.165, 1.54) is 6.07 Å². The van der Waals surface area contributed by atoms with Gasteiger partial charge in [0.15, 0.2) is 0 Å². The maximum Gasteiger partial charge on any atom is 0.127 e. The standard InChI is InChI=1S/C16H27FN2O/c1-12(2)19(9-10-20-4)11-13(3)16(18)14-7-5-6-8-15(14)17/h5-8,12-13,16H,9-11,18H2,1-4H3. The second-order valence-electron chi connectivity index (χ2n) is 5.61. The first-order valence-corrected chi connectivity index (χ1v) is 7.20. The van der Waals surface area contributed by atoms with Crippen LogP contribution in [0.1, 0.15) is 32.4 Å². The largest absolute Gasteiger partial charge is 0.383 e. The molecule has 0 saturated carbocycles. The number of rotatable bonds is 8. The SMILES string of the molecule is COCCN(CC(C)C(N)c1ccccc1F)C(C)C. The number of ether oxygens (including phenoxy) is 1. The Kier molecular flexibility index (Phi) is 7.13. The van der Waals surface area contributed by atoms with Gasteiger partial charge in [0, 0.05) is 37.8 Å². The number of methoxy groups -OCH3 is 1. The summed E-state index contributed by atoms with van der Waals surface area (Å²) in [5.74, 6) is -0.0500. The van der Waals surface area contributed by atoms with Crippen molar-refractivity contribution in [1.29, 1.82) is 0 Å². The lowest BCUT2D eigenvalue weighted by molar-refractivity contribution is 0.114. The van der Waals surface area contributed by atoms with Gasteiger partial charge in [-0.15, -0.1) is 0 Å². The molecule has 1 aromatic carbocycles. The third-order valence-electron chi connectivity index (χ3n) is 3.71. The van der Waals surface area contributed by atoms with Crippen molar-refractivity contribution in [1.82, 2.24) is 4.90 Å². The van der Waals surface area contributed by atoms with Gasteiger partial charge >= 0.3 is 0 Å². The fourth-order valence-electron chi connectivity index (χ4n) is 2.30. The minimum absolute atomic E-state index is 0.172. The van der Waals surface area contributed by atoms with Gasteiger partial charge in [0.2, 0.25) is 0 Å². The van der Waals surface area contributed by atoms with E-state index in [0.29, 0.717) is 18.2 Å². The van der Waals surface area contributed by atoms with Crippen LogP contribution in [0.25, 0.3) is 0 Å². The second kappa shape index (κ2) is 8.35. The fourth-order valence-corrected chi connectivity index (χ4v) is 2.30. The Bertz CT molecular complexity index is 398. The summed E-state index contributed by atoms with van der Waals surface area (Å²) < 4.78 is 18.9.